The van der Waals surface area contributed by atoms with Crippen LogP contribution >= 0.6 is 11.3 Å². The van der Waals surface area contributed by atoms with Crippen LogP contribution in [0.15, 0.2) is 12.1 Å². The predicted molar refractivity (Wildman–Crippen MR) is 58.2 cm³/mol. The van der Waals surface area contributed by atoms with Crippen molar-refractivity contribution in [2.24, 2.45) is 11.1 Å². The monoisotopic (exact) mass is 206 g/mol. The molecule has 0 amide bonds. The average molecular weight is 206 g/mol. The van der Waals surface area contributed by atoms with Crippen molar-refractivity contribution >= 4 is 11.3 Å². The Balaban J connectivity index is 2.36. The van der Waals surface area contributed by atoms with E-state index in [0.29, 0.717) is 12.0 Å². The van der Waals surface area contributed by atoms with E-state index in [4.69, 9.17) is 11.0 Å². The van der Waals surface area contributed by atoms with Gasteiger partial charge in [0, 0.05) is 16.8 Å². The van der Waals surface area contributed by atoms with Crippen LogP contribution in [0.2, 0.25) is 0 Å². The van der Waals surface area contributed by atoms with E-state index in [0.717, 1.165) is 11.3 Å². The van der Waals surface area contributed by atoms with E-state index in [2.05, 4.69) is 26.0 Å². The van der Waals surface area contributed by atoms with E-state index >= 15 is 0 Å². The molecule has 0 bridgehead atoms. The summed E-state index contributed by atoms with van der Waals surface area (Å²) < 4.78 is 0. The molecule has 2 rings (SSSR count). The van der Waals surface area contributed by atoms with Crippen LogP contribution in [0.5, 0.6) is 0 Å². The molecule has 0 aromatic carbocycles. The molecule has 2 nitrogen and oxygen atoms in total. The highest BCUT2D eigenvalue weighted by molar-refractivity contribution is 7.12. The third-order valence-electron chi connectivity index (χ3n) is 3.45. The van der Waals surface area contributed by atoms with Crippen molar-refractivity contribution in [2.45, 2.75) is 25.7 Å². The fraction of sp³-hybridized carbons (Fsp3) is 0.545. The number of nitrogens with zero attached hydrogens (tertiary/aromatic N) is 1. The summed E-state index contributed by atoms with van der Waals surface area (Å²) in [7, 11) is 0. The first-order chi connectivity index (χ1) is 6.55. The molecule has 1 atom stereocenters. The van der Waals surface area contributed by atoms with Crippen LogP contribution < -0.4 is 5.73 Å². The topological polar surface area (TPSA) is 49.8 Å². The highest BCUT2D eigenvalue weighted by Crippen LogP contribution is 2.64. The molecule has 0 radical (unpaired) electrons. The van der Waals surface area contributed by atoms with Gasteiger partial charge in [-0.1, -0.05) is 13.8 Å². The Morgan fingerprint density at radius 3 is 2.57 bits per heavy atom. The SMILES string of the molecule is CC1(C)CC1(CN)c1ccc(C#N)s1. The Kier molecular flexibility index (Phi) is 1.95. The van der Waals surface area contributed by atoms with Gasteiger partial charge < -0.3 is 5.73 Å². The summed E-state index contributed by atoms with van der Waals surface area (Å²) >= 11 is 1.59. The van der Waals surface area contributed by atoms with Gasteiger partial charge in [-0.25, -0.2) is 0 Å². The Hall–Kier alpha value is -0.850. The van der Waals surface area contributed by atoms with Crippen LogP contribution in [0.1, 0.15) is 30.0 Å². The fourth-order valence-corrected chi connectivity index (χ4v) is 3.42. The van der Waals surface area contributed by atoms with E-state index in [1.54, 1.807) is 11.3 Å². The average Bonchev–Trinajstić information content (AvgIpc) is 2.57. The number of nitrogens with two attached hydrogens (primary N) is 1. The van der Waals surface area contributed by atoms with Crippen molar-refractivity contribution < 1.29 is 0 Å². The first kappa shape index (κ1) is 9.70. The molecule has 1 heterocycles. The number of thiophene rings is 1. The first-order valence-corrected chi connectivity index (χ1v) is 5.58. The summed E-state index contributed by atoms with van der Waals surface area (Å²) in [4.78, 5) is 2.07. The molecule has 1 aliphatic carbocycles. The first-order valence-electron chi connectivity index (χ1n) is 4.76. The lowest BCUT2D eigenvalue weighted by Crippen LogP contribution is -2.24. The molecule has 14 heavy (non-hydrogen) atoms. The van der Waals surface area contributed by atoms with Gasteiger partial charge in [-0.05, 0) is 24.0 Å². The van der Waals surface area contributed by atoms with Crippen molar-refractivity contribution in [1.29, 1.82) is 5.26 Å². The maximum atomic E-state index is 8.77. The van der Waals surface area contributed by atoms with Crippen molar-refractivity contribution in [1.82, 2.24) is 0 Å². The zero-order chi connectivity index (χ0) is 10.4. The van der Waals surface area contributed by atoms with Crippen molar-refractivity contribution in [3.05, 3.63) is 21.9 Å². The van der Waals surface area contributed by atoms with Crippen LogP contribution in [-0.2, 0) is 5.41 Å². The Bertz CT molecular complexity index is 400. The zero-order valence-electron chi connectivity index (χ0n) is 8.50. The lowest BCUT2D eigenvalue weighted by molar-refractivity contribution is 0.509. The summed E-state index contributed by atoms with van der Waals surface area (Å²) in [5.41, 5.74) is 6.30. The Morgan fingerprint density at radius 2 is 2.21 bits per heavy atom. The van der Waals surface area contributed by atoms with E-state index in [1.807, 2.05) is 6.07 Å². The molecule has 2 N–H and O–H groups in total. The summed E-state index contributed by atoms with van der Waals surface area (Å²) in [6, 6.07) is 6.13. The van der Waals surface area contributed by atoms with Gasteiger partial charge in [0.1, 0.15) is 10.9 Å². The van der Waals surface area contributed by atoms with Crippen LogP contribution in [0.4, 0.5) is 0 Å². The van der Waals surface area contributed by atoms with Crippen LogP contribution in [-0.4, -0.2) is 6.54 Å². The molecular formula is C11H14N2S. The van der Waals surface area contributed by atoms with E-state index < -0.39 is 0 Å². The second kappa shape index (κ2) is 2.82. The highest BCUT2D eigenvalue weighted by atomic mass is 32.1. The maximum Gasteiger partial charge on any atom is 0.110 e. The van der Waals surface area contributed by atoms with Crippen LogP contribution in [0.3, 0.4) is 0 Å². The van der Waals surface area contributed by atoms with E-state index in [1.165, 1.54) is 4.88 Å². The molecular weight excluding hydrogens is 192 g/mol. The highest BCUT2D eigenvalue weighted by Gasteiger charge is 2.61. The molecule has 1 aliphatic rings. The van der Waals surface area contributed by atoms with Gasteiger partial charge in [0.25, 0.3) is 0 Å². The molecule has 1 aromatic heterocycles. The third kappa shape index (κ3) is 1.11. The molecule has 0 saturated heterocycles. The fourth-order valence-electron chi connectivity index (χ4n) is 2.24. The van der Waals surface area contributed by atoms with Crippen molar-refractivity contribution in [3.8, 4) is 6.07 Å². The number of hydrogen-bond donors (Lipinski definition) is 1. The quantitative estimate of drug-likeness (QED) is 0.806. The molecule has 1 aromatic rings. The minimum atomic E-state index is 0.146. The van der Waals surface area contributed by atoms with E-state index in [9.17, 15) is 0 Å². The summed E-state index contributed by atoms with van der Waals surface area (Å²) in [6.45, 7) is 5.17. The van der Waals surface area contributed by atoms with Gasteiger partial charge in [0.15, 0.2) is 0 Å². The van der Waals surface area contributed by atoms with Gasteiger partial charge in [0.05, 0.1) is 0 Å². The molecule has 1 fully saturated rings. The molecule has 1 unspecified atom stereocenters. The van der Waals surface area contributed by atoms with Gasteiger partial charge in [-0.2, -0.15) is 5.26 Å². The largest absolute Gasteiger partial charge is 0.330 e. The summed E-state index contributed by atoms with van der Waals surface area (Å²) in [5, 5.41) is 8.77. The minimum Gasteiger partial charge on any atom is -0.330 e. The van der Waals surface area contributed by atoms with Crippen molar-refractivity contribution in [3.63, 3.8) is 0 Å². The lowest BCUT2D eigenvalue weighted by atomic mass is 9.94. The molecule has 3 heteroatoms. The van der Waals surface area contributed by atoms with Crippen LogP contribution in [0.25, 0.3) is 0 Å². The second-order valence-corrected chi connectivity index (χ2v) is 5.71. The minimum absolute atomic E-state index is 0.146. The Labute approximate surface area is 88.4 Å². The van der Waals surface area contributed by atoms with Crippen LogP contribution in [0, 0.1) is 16.7 Å². The Morgan fingerprint density at radius 1 is 1.57 bits per heavy atom. The molecule has 74 valence electrons. The normalized spacial score (nSPS) is 28.4. The molecule has 0 aliphatic heterocycles. The molecule has 1 saturated carbocycles. The van der Waals surface area contributed by atoms with Gasteiger partial charge in [-0.3, -0.25) is 0 Å². The lowest BCUT2D eigenvalue weighted by Gasteiger charge is -2.16. The van der Waals surface area contributed by atoms with E-state index in [-0.39, 0.29) is 5.41 Å². The van der Waals surface area contributed by atoms with Crippen molar-refractivity contribution in [2.75, 3.05) is 6.54 Å². The standard InChI is InChI=1S/C11H14N2S/c1-10(2)6-11(10,7-13)9-4-3-8(5-12)14-9/h3-4H,6-7,13H2,1-2H3. The maximum absolute atomic E-state index is 8.77. The number of hydrogen-bond acceptors (Lipinski definition) is 3. The van der Waals surface area contributed by atoms with Gasteiger partial charge in [-0.15, -0.1) is 11.3 Å². The number of nitriles is 1. The summed E-state index contributed by atoms with van der Waals surface area (Å²) in [6.07, 6.45) is 1.14. The zero-order valence-corrected chi connectivity index (χ0v) is 9.32. The molecule has 0 spiro atoms. The second-order valence-electron chi connectivity index (χ2n) is 4.62. The predicted octanol–water partition coefficient (Wildman–Crippen LogP) is 2.25. The summed E-state index contributed by atoms with van der Waals surface area (Å²) in [5.74, 6) is 0. The van der Waals surface area contributed by atoms with Gasteiger partial charge in [0.2, 0.25) is 0 Å². The smallest absolute Gasteiger partial charge is 0.110 e. The number of rotatable bonds is 2. The third-order valence-corrected chi connectivity index (χ3v) is 4.64. The van der Waals surface area contributed by atoms with Gasteiger partial charge >= 0.3 is 0 Å².